The summed E-state index contributed by atoms with van der Waals surface area (Å²) in [7, 11) is 1.16. The lowest BCUT2D eigenvalue weighted by Crippen LogP contribution is -2.38. The maximum Gasteiger partial charge on any atom is 0.124 e. The second-order valence-corrected chi connectivity index (χ2v) is 9.13. The molecule has 1 aliphatic carbocycles. The van der Waals surface area contributed by atoms with Crippen molar-refractivity contribution < 1.29 is 8.95 Å². The van der Waals surface area contributed by atoms with E-state index in [0.717, 1.165) is 38.2 Å². The van der Waals surface area contributed by atoms with E-state index in [2.05, 4.69) is 28.9 Å². The summed E-state index contributed by atoms with van der Waals surface area (Å²) in [5.74, 6) is 0.975. The molecule has 2 fully saturated rings. The molecular weight excluding hydrogens is 320 g/mol. The monoisotopic (exact) mass is 346 g/mol. The quantitative estimate of drug-likeness (QED) is 0.903. The van der Waals surface area contributed by atoms with Gasteiger partial charge in [0, 0.05) is 50.5 Å². The fourth-order valence-electron chi connectivity index (χ4n) is 3.88. The molecule has 4 rings (SSSR count). The van der Waals surface area contributed by atoms with Gasteiger partial charge in [0.2, 0.25) is 0 Å². The number of ether oxygens (including phenoxy) is 1. The number of hydrogen-bond acceptors (Lipinski definition) is 3. The highest BCUT2D eigenvalue weighted by molar-refractivity contribution is 7.86. The van der Waals surface area contributed by atoms with E-state index in [1.54, 1.807) is 7.11 Å². The first-order chi connectivity index (χ1) is 11.7. The predicted octanol–water partition coefficient (Wildman–Crippen LogP) is 3.36. The summed E-state index contributed by atoms with van der Waals surface area (Å²) in [5, 5.41) is 2.19. The molecule has 1 saturated carbocycles. The summed E-state index contributed by atoms with van der Waals surface area (Å²) in [6.07, 6.45) is 6.49. The Morgan fingerprint density at radius 2 is 1.96 bits per heavy atom. The van der Waals surface area contributed by atoms with Crippen LogP contribution in [-0.2, 0) is 17.3 Å². The summed E-state index contributed by atoms with van der Waals surface area (Å²) >= 11 is 0. The van der Waals surface area contributed by atoms with Gasteiger partial charge in [0.15, 0.2) is 0 Å². The van der Waals surface area contributed by atoms with Crippen molar-refractivity contribution in [2.75, 3.05) is 20.2 Å². The third-order valence-corrected chi connectivity index (χ3v) is 7.69. The first kappa shape index (κ1) is 16.2. The zero-order valence-corrected chi connectivity index (χ0v) is 15.3. The van der Waals surface area contributed by atoms with Crippen molar-refractivity contribution >= 4 is 21.7 Å². The van der Waals surface area contributed by atoms with E-state index in [1.165, 1.54) is 34.9 Å². The Kier molecular flexibility index (Phi) is 4.39. The van der Waals surface area contributed by atoms with Crippen molar-refractivity contribution in [3.05, 3.63) is 29.5 Å². The molecule has 2 aromatic rings. The van der Waals surface area contributed by atoms with E-state index in [-0.39, 0.29) is 0 Å². The fourth-order valence-corrected chi connectivity index (χ4v) is 5.70. The van der Waals surface area contributed by atoms with Crippen molar-refractivity contribution in [2.24, 2.45) is 0 Å². The van der Waals surface area contributed by atoms with Gasteiger partial charge in [0.05, 0.1) is 7.11 Å². The molecule has 2 heterocycles. The summed E-state index contributed by atoms with van der Waals surface area (Å²) in [4.78, 5) is 5.83. The van der Waals surface area contributed by atoms with Crippen molar-refractivity contribution in [1.29, 1.82) is 0 Å². The first-order valence-corrected chi connectivity index (χ1v) is 10.2. The molecule has 1 N–H and O–H groups in total. The highest BCUT2D eigenvalue weighted by Gasteiger charge is 2.35. The predicted molar refractivity (Wildman–Crippen MR) is 99.1 cm³/mol. The van der Waals surface area contributed by atoms with Gasteiger partial charge in [-0.25, -0.2) is 0 Å². The van der Waals surface area contributed by atoms with E-state index >= 15 is 0 Å². The Morgan fingerprint density at radius 3 is 2.62 bits per heavy atom. The molecule has 1 atom stereocenters. The van der Waals surface area contributed by atoms with Crippen molar-refractivity contribution in [3.8, 4) is 5.75 Å². The number of aromatic amines is 1. The number of benzene rings is 1. The molecule has 130 valence electrons. The Balaban J connectivity index is 1.50. The molecule has 1 saturated heterocycles. The van der Waals surface area contributed by atoms with Crippen LogP contribution in [0.5, 0.6) is 5.75 Å². The van der Waals surface area contributed by atoms with Gasteiger partial charge in [-0.15, -0.1) is 0 Å². The second-order valence-electron chi connectivity index (χ2n) is 7.14. The second kappa shape index (κ2) is 6.52. The molecule has 2 aliphatic rings. The number of nitrogens with zero attached hydrogens (tertiary/aromatic N) is 1. The molecule has 5 heteroatoms. The van der Waals surface area contributed by atoms with Crippen LogP contribution in [0, 0.1) is 6.92 Å². The van der Waals surface area contributed by atoms with Gasteiger partial charge in [0.25, 0.3) is 0 Å². The molecule has 24 heavy (non-hydrogen) atoms. The van der Waals surface area contributed by atoms with E-state index in [9.17, 15) is 4.21 Å². The summed E-state index contributed by atoms with van der Waals surface area (Å²) in [6, 6.07) is 4.28. The first-order valence-electron chi connectivity index (χ1n) is 8.92. The number of hydrogen-bond donors (Lipinski definition) is 1. The highest BCUT2D eigenvalue weighted by atomic mass is 32.2. The van der Waals surface area contributed by atoms with Crippen LogP contribution in [0.4, 0.5) is 0 Å². The number of aromatic nitrogens is 1. The van der Waals surface area contributed by atoms with Gasteiger partial charge in [-0.05, 0) is 63.4 Å². The molecule has 1 aromatic carbocycles. The minimum Gasteiger partial charge on any atom is -0.496 e. The number of aryl methyl sites for hydroxylation is 1. The zero-order chi connectivity index (χ0) is 16.7. The molecule has 0 radical (unpaired) electrons. The maximum atomic E-state index is 12.4. The van der Waals surface area contributed by atoms with Crippen LogP contribution in [0.3, 0.4) is 0 Å². The van der Waals surface area contributed by atoms with Gasteiger partial charge in [-0.1, -0.05) is 0 Å². The Hall–Kier alpha value is -1.33. The number of nitrogens with one attached hydrogen (secondary N) is 1. The third kappa shape index (κ3) is 3.00. The van der Waals surface area contributed by atoms with Gasteiger partial charge in [-0.2, -0.15) is 0 Å². The van der Waals surface area contributed by atoms with Crippen LogP contribution in [0.15, 0.2) is 18.3 Å². The lowest BCUT2D eigenvalue weighted by molar-refractivity contribution is 0.221. The van der Waals surface area contributed by atoms with Crippen molar-refractivity contribution in [1.82, 2.24) is 9.88 Å². The average Bonchev–Trinajstić information content (AvgIpc) is 3.33. The average molecular weight is 346 g/mol. The third-order valence-electron chi connectivity index (χ3n) is 5.43. The number of H-pyrrole nitrogens is 1. The van der Waals surface area contributed by atoms with Crippen molar-refractivity contribution in [3.63, 3.8) is 0 Å². The van der Waals surface area contributed by atoms with Crippen LogP contribution >= 0.6 is 0 Å². The number of likely N-dealkylation sites (tertiary alicyclic amines) is 1. The minimum absolute atomic E-state index is 0.418. The smallest absolute Gasteiger partial charge is 0.124 e. The SMILES string of the molecule is COc1cc(C)c2[nH]ccc2c1CN1CCC(S(=O)C2CC2)CC1. The lowest BCUT2D eigenvalue weighted by Gasteiger charge is -2.32. The molecule has 1 unspecified atom stereocenters. The largest absolute Gasteiger partial charge is 0.496 e. The molecular formula is C19H26N2O2S. The highest BCUT2D eigenvalue weighted by Crippen LogP contribution is 2.34. The minimum atomic E-state index is -0.590. The normalized spacial score (nSPS) is 21.2. The summed E-state index contributed by atoms with van der Waals surface area (Å²) in [5.41, 5.74) is 3.69. The lowest BCUT2D eigenvalue weighted by atomic mass is 10.0. The summed E-state index contributed by atoms with van der Waals surface area (Å²) in [6.45, 7) is 5.09. The molecule has 0 bridgehead atoms. The van der Waals surface area contributed by atoms with E-state index < -0.39 is 10.8 Å². The van der Waals surface area contributed by atoms with Crippen molar-refractivity contribution in [2.45, 2.75) is 49.7 Å². The van der Waals surface area contributed by atoms with Gasteiger partial charge >= 0.3 is 0 Å². The molecule has 0 spiro atoms. The van der Waals surface area contributed by atoms with Gasteiger partial charge in [0.1, 0.15) is 5.75 Å². The van der Waals surface area contributed by atoms with Crippen LogP contribution in [0.2, 0.25) is 0 Å². The summed E-state index contributed by atoms with van der Waals surface area (Å²) < 4.78 is 18.0. The number of piperidine rings is 1. The Morgan fingerprint density at radius 1 is 1.25 bits per heavy atom. The van der Waals surface area contributed by atoms with Crippen LogP contribution < -0.4 is 4.74 Å². The topological polar surface area (TPSA) is 45.3 Å². The Bertz CT molecular complexity index is 758. The van der Waals surface area contributed by atoms with Crippen LogP contribution in [0.1, 0.15) is 36.8 Å². The fraction of sp³-hybridized carbons (Fsp3) is 0.579. The molecule has 0 amide bonds. The molecule has 1 aromatic heterocycles. The van der Waals surface area contributed by atoms with Crippen LogP contribution in [-0.4, -0.2) is 44.8 Å². The van der Waals surface area contributed by atoms with Gasteiger partial charge in [-0.3, -0.25) is 9.11 Å². The van der Waals surface area contributed by atoms with E-state index in [1.807, 2.05) is 6.20 Å². The number of methoxy groups -OCH3 is 1. The Labute approximate surface area is 146 Å². The molecule has 1 aliphatic heterocycles. The number of fused-ring (bicyclic) bond motifs is 1. The zero-order valence-electron chi connectivity index (χ0n) is 14.5. The molecule has 4 nitrogen and oxygen atoms in total. The van der Waals surface area contributed by atoms with Gasteiger partial charge < -0.3 is 9.72 Å². The van der Waals surface area contributed by atoms with E-state index in [0.29, 0.717) is 10.5 Å². The van der Waals surface area contributed by atoms with Crippen LogP contribution in [0.25, 0.3) is 10.9 Å². The van der Waals surface area contributed by atoms with E-state index in [4.69, 9.17) is 4.74 Å². The number of rotatable bonds is 5. The standard InChI is InChI=1S/C19H26N2O2S/c1-13-11-18(23-2)17(16-5-8-20-19(13)16)12-21-9-6-15(7-10-21)24(22)14-3-4-14/h5,8,11,14-15,20H,3-4,6-7,9-10,12H2,1-2H3. The maximum absolute atomic E-state index is 12.4.